The molecule has 0 bridgehead atoms. The maximum Gasteiger partial charge on any atom is 0.328 e. The van der Waals surface area contributed by atoms with Crippen LogP contribution in [0.15, 0.2) is 56.2 Å². The number of nitrogens with zero attached hydrogens (tertiary/aromatic N) is 3. The van der Waals surface area contributed by atoms with Gasteiger partial charge in [-0.3, -0.25) is 14.3 Å². The Morgan fingerprint density at radius 1 is 1.30 bits per heavy atom. The molecule has 3 aromatic rings. The molecule has 8 nitrogen and oxygen atoms in total. The highest BCUT2D eigenvalue weighted by molar-refractivity contribution is 5.53. The van der Waals surface area contributed by atoms with Gasteiger partial charge in [-0.25, -0.2) is 4.79 Å². The van der Waals surface area contributed by atoms with Gasteiger partial charge in [0.1, 0.15) is 5.56 Å². The van der Waals surface area contributed by atoms with E-state index >= 15 is 0 Å². The van der Waals surface area contributed by atoms with Crippen LogP contribution in [0.3, 0.4) is 0 Å². The number of nitrogens with one attached hydrogen (secondary N) is 1. The van der Waals surface area contributed by atoms with E-state index in [-0.39, 0.29) is 30.4 Å². The maximum atomic E-state index is 12.0. The molecule has 0 aliphatic carbocycles. The Labute approximate surface area is 154 Å². The zero-order valence-electron chi connectivity index (χ0n) is 14.9. The summed E-state index contributed by atoms with van der Waals surface area (Å²) in [5.41, 5.74) is 1.21. The highest BCUT2D eigenvalue weighted by Gasteiger charge is 2.13. The lowest BCUT2D eigenvalue weighted by molar-refractivity contribution is 0.273. The predicted molar refractivity (Wildman–Crippen MR) is 100 cm³/mol. The lowest BCUT2D eigenvalue weighted by atomic mass is 10.1. The van der Waals surface area contributed by atoms with Crippen molar-refractivity contribution >= 4 is 6.08 Å². The number of benzene rings is 1. The van der Waals surface area contributed by atoms with Crippen LogP contribution in [-0.4, -0.2) is 31.4 Å². The molecule has 0 amide bonds. The Morgan fingerprint density at radius 2 is 2.07 bits per heavy atom. The number of allylic oxidation sites excluding steroid dienone is 1. The molecule has 0 saturated carbocycles. The average molecular weight is 368 g/mol. The van der Waals surface area contributed by atoms with Crippen molar-refractivity contribution < 1.29 is 9.63 Å². The largest absolute Gasteiger partial charge is 0.395 e. The summed E-state index contributed by atoms with van der Waals surface area (Å²) in [6.45, 7) is 1.80. The number of H-pyrrole nitrogens is 1. The van der Waals surface area contributed by atoms with Crippen molar-refractivity contribution in [1.82, 2.24) is 19.7 Å². The van der Waals surface area contributed by atoms with Gasteiger partial charge in [-0.2, -0.15) is 4.98 Å². The van der Waals surface area contributed by atoms with E-state index in [1.54, 1.807) is 6.08 Å². The van der Waals surface area contributed by atoms with Gasteiger partial charge in [0.2, 0.25) is 5.82 Å². The summed E-state index contributed by atoms with van der Waals surface area (Å²) < 4.78 is 6.39. The third-order valence-electron chi connectivity index (χ3n) is 4.06. The SMILES string of the molecule is C/C(=C\c1nc(-c2cn(CCO)c(=O)[nH]c2=O)no1)CCc1ccccc1. The number of rotatable bonds is 7. The molecule has 2 N–H and O–H groups in total. The van der Waals surface area contributed by atoms with E-state index < -0.39 is 11.2 Å². The molecule has 0 saturated heterocycles. The van der Waals surface area contributed by atoms with Crippen molar-refractivity contribution in [3.05, 3.63) is 74.4 Å². The van der Waals surface area contributed by atoms with E-state index in [9.17, 15) is 9.59 Å². The highest BCUT2D eigenvalue weighted by atomic mass is 16.5. The number of aromatic amines is 1. The van der Waals surface area contributed by atoms with Gasteiger partial charge in [0.25, 0.3) is 11.4 Å². The second-order valence-electron chi connectivity index (χ2n) is 6.15. The molecule has 2 aromatic heterocycles. The van der Waals surface area contributed by atoms with Crippen LogP contribution < -0.4 is 11.2 Å². The quantitative estimate of drug-likeness (QED) is 0.655. The average Bonchev–Trinajstić information content (AvgIpc) is 3.11. The van der Waals surface area contributed by atoms with Crippen molar-refractivity contribution in [2.24, 2.45) is 0 Å². The predicted octanol–water partition coefficient (Wildman–Crippen LogP) is 1.61. The van der Waals surface area contributed by atoms with Crippen molar-refractivity contribution in [3.63, 3.8) is 0 Å². The van der Waals surface area contributed by atoms with Crippen molar-refractivity contribution in [2.75, 3.05) is 6.61 Å². The summed E-state index contributed by atoms with van der Waals surface area (Å²) in [6, 6.07) is 10.1. The molecule has 0 aliphatic rings. The molecule has 0 aliphatic heterocycles. The van der Waals surface area contributed by atoms with Gasteiger partial charge in [0, 0.05) is 12.3 Å². The Hall–Kier alpha value is -3.26. The molecular weight excluding hydrogens is 348 g/mol. The molecule has 0 radical (unpaired) electrons. The number of hydrogen-bond donors (Lipinski definition) is 2. The van der Waals surface area contributed by atoms with Crippen LogP contribution in [-0.2, 0) is 13.0 Å². The van der Waals surface area contributed by atoms with Gasteiger partial charge >= 0.3 is 5.69 Å². The van der Waals surface area contributed by atoms with Crippen LogP contribution in [0.2, 0.25) is 0 Å². The first-order chi connectivity index (χ1) is 13.1. The van der Waals surface area contributed by atoms with Gasteiger partial charge in [0.15, 0.2) is 0 Å². The lowest BCUT2D eigenvalue weighted by Gasteiger charge is -2.02. The zero-order chi connectivity index (χ0) is 19.2. The Bertz CT molecular complexity index is 1050. The molecule has 140 valence electrons. The van der Waals surface area contributed by atoms with Gasteiger partial charge < -0.3 is 9.63 Å². The molecular formula is C19H20N4O4. The van der Waals surface area contributed by atoms with Gasteiger partial charge in [-0.1, -0.05) is 41.1 Å². The minimum atomic E-state index is -0.605. The smallest absolute Gasteiger partial charge is 0.328 e. The fraction of sp³-hybridized carbons (Fsp3) is 0.263. The summed E-state index contributed by atoms with van der Waals surface area (Å²) >= 11 is 0. The van der Waals surface area contributed by atoms with E-state index in [1.807, 2.05) is 25.1 Å². The first-order valence-corrected chi connectivity index (χ1v) is 8.56. The van der Waals surface area contributed by atoms with E-state index in [0.717, 1.165) is 18.4 Å². The van der Waals surface area contributed by atoms with E-state index in [1.165, 1.54) is 16.3 Å². The fourth-order valence-electron chi connectivity index (χ4n) is 2.61. The van der Waals surface area contributed by atoms with E-state index in [4.69, 9.17) is 9.63 Å². The van der Waals surface area contributed by atoms with E-state index in [2.05, 4.69) is 27.3 Å². The third-order valence-corrected chi connectivity index (χ3v) is 4.06. The molecule has 0 unspecified atom stereocenters. The lowest BCUT2D eigenvalue weighted by Crippen LogP contribution is -2.31. The zero-order valence-corrected chi connectivity index (χ0v) is 14.9. The highest BCUT2D eigenvalue weighted by Crippen LogP contribution is 2.15. The summed E-state index contributed by atoms with van der Waals surface area (Å²) in [5.74, 6) is 0.375. The summed E-state index contributed by atoms with van der Waals surface area (Å²) in [5, 5.41) is 12.8. The third kappa shape index (κ3) is 4.68. The van der Waals surface area contributed by atoms with Crippen LogP contribution in [0.4, 0.5) is 0 Å². The van der Waals surface area contributed by atoms with Crippen molar-refractivity contribution in [3.8, 4) is 11.4 Å². The molecule has 0 fully saturated rings. The van der Waals surface area contributed by atoms with Crippen LogP contribution in [0.25, 0.3) is 17.5 Å². The molecule has 8 heteroatoms. The number of aliphatic hydroxyl groups excluding tert-OH is 1. The number of aryl methyl sites for hydroxylation is 1. The van der Waals surface area contributed by atoms with Gasteiger partial charge in [0.05, 0.1) is 13.2 Å². The first kappa shape index (κ1) is 18.5. The van der Waals surface area contributed by atoms with Crippen molar-refractivity contribution in [1.29, 1.82) is 0 Å². The molecule has 0 spiro atoms. The molecule has 1 aromatic carbocycles. The second kappa shape index (κ2) is 8.41. The van der Waals surface area contributed by atoms with Crippen molar-refractivity contribution in [2.45, 2.75) is 26.3 Å². The maximum absolute atomic E-state index is 12.0. The fourth-order valence-corrected chi connectivity index (χ4v) is 2.61. The monoisotopic (exact) mass is 368 g/mol. The summed E-state index contributed by atoms with van der Waals surface area (Å²) in [6.07, 6.45) is 4.83. The Balaban J connectivity index is 1.77. The minimum absolute atomic E-state index is 0.0613. The Kier molecular flexibility index (Phi) is 5.77. The second-order valence-corrected chi connectivity index (χ2v) is 6.15. The number of hydrogen-bond acceptors (Lipinski definition) is 6. The molecule has 3 rings (SSSR count). The van der Waals surface area contributed by atoms with Crippen LogP contribution in [0.5, 0.6) is 0 Å². The number of aliphatic hydroxyl groups is 1. The number of aromatic nitrogens is 4. The van der Waals surface area contributed by atoms with Gasteiger partial charge in [-0.05, 0) is 25.3 Å². The normalized spacial score (nSPS) is 11.7. The summed E-state index contributed by atoms with van der Waals surface area (Å²) in [7, 11) is 0. The molecule has 27 heavy (non-hydrogen) atoms. The summed E-state index contributed by atoms with van der Waals surface area (Å²) in [4.78, 5) is 30.1. The van der Waals surface area contributed by atoms with Crippen LogP contribution >= 0.6 is 0 Å². The molecule has 0 atom stereocenters. The first-order valence-electron chi connectivity index (χ1n) is 8.56. The van der Waals surface area contributed by atoms with Crippen LogP contribution in [0, 0.1) is 0 Å². The molecule has 2 heterocycles. The topological polar surface area (TPSA) is 114 Å². The van der Waals surface area contributed by atoms with Crippen LogP contribution in [0.1, 0.15) is 24.8 Å². The van der Waals surface area contributed by atoms with E-state index in [0.29, 0.717) is 0 Å². The minimum Gasteiger partial charge on any atom is -0.395 e. The van der Waals surface area contributed by atoms with Gasteiger partial charge in [-0.15, -0.1) is 0 Å². The Morgan fingerprint density at radius 3 is 2.81 bits per heavy atom. The standard InChI is InChI=1S/C19H20N4O4/c1-13(7-8-14-5-3-2-4-6-14)11-16-20-17(22-27-16)15-12-23(9-10-24)19(26)21-18(15)25/h2-6,11-12,24H,7-10H2,1H3,(H,21,25,26)/b13-11+.